The Morgan fingerprint density at radius 2 is 1.10 bits per heavy atom. The zero-order chi connectivity index (χ0) is 15.8. The predicted molar refractivity (Wildman–Crippen MR) is 94.3 cm³/mol. The summed E-state index contributed by atoms with van der Waals surface area (Å²) in [6, 6.07) is 2.32. The number of rotatable bonds is 15. The monoisotopic (exact) mass is 293 g/mol. The lowest BCUT2D eigenvalue weighted by Crippen LogP contribution is -1.96. The van der Waals surface area contributed by atoms with Gasteiger partial charge in [0.1, 0.15) is 0 Å². The van der Waals surface area contributed by atoms with E-state index in [0.29, 0.717) is 0 Å². The molecule has 0 aliphatic rings. The zero-order valence-corrected chi connectivity index (χ0v) is 15.0. The van der Waals surface area contributed by atoms with Crippen molar-refractivity contribution in [2.45, 2.75) is 111 Å². The molecule has 0 heterocycles. The first-order valence-electron chi connectivity index (χ1n) is 9.60. The third-order valence-electron chi connectivity index (χ3n) is 4.60. The van der Waals surface area contributed by atoms with Crippen LogP contribution in [0.3, 0.4) is 0 Å². The molecule has 0 spiro atoms. The second-order valence-corrected chi connectivity index (χ2v) is 7.04. The standard InChI is InChI=1S/C20H39N/c1-4-5-6-7-8-9-10-11-12-15-19(2)16-13-14-17-20(3)18-21/h19-20H,4-17H2,1-3H3. The Labute approximate surface area is 134 Å². The molecule has 2 unspecified atom stereocenters. The van der Waals surface area contributed by atoms with Crippen molar-refractivity contribution in [1.82, 2.24) is 0 Å². The van der Waals surface area contributed by atoms with Crippen LogP contribution in [0, 0.1) is 23.2 Å². The van der Waals surface area contributed by atoms with Gasteiger partial charge in [0.05, 0.1) is 6.07 Å². The van der Waals surface area contributed by atoms with Crippen molar-refractivity contribution < 1.29 is 0 Å². The van der Waals surface area contributed by atoms with Crippen molar-refractivity contribution in [3.05, 3.63) is 0 Å². The molecule has 0 N–H and O–H groups in total. The molecular formula is C20H39N. The van der Waals surface area contributed by atoms with E-state index in [4.69, 9.17) is 5.26 Å². The maximum absolute atomic E-state index is 8.74. The molecule has 0 fully saturated rings. The Bertz CT molecular complexity index is 241. The zero-order valence-electron chi connectivity index (χ0n) is 15.0. The van der Waals surface area contributed by atoms with E-state index in [1.54, 1.807) is 0 Å². The summed E-state index contributed by atoms with van der Waals surface area (Å²) in [6.45, 7) is 6.72. The minimum Gasteiger partial charge on any atom is -0.198 e. The molecule has 0 amide bonds. The van der Waals surface area contributed by atoms with Crippen molar-refractivity contribution in [3.8, 4) is 6.07 Å². The highest BCUT2D eigenvalue weighted by molar-refractivity contribution is 4.77. The minimum atomic E-state index is 0.248. The largest absolute Gasteiger partial charge is 0.198 e. The SMILES string of the molecule is CCCCCCCCCCCC(C)CCCCC(C)C#N. The fourth-order valence-corrected chi connectivity index (χ4v) is 2.96. The van der Waals surface area contributed by atoms with E-state index in [2.05, 4.69) is 19.9 Å². The van der Waals surface area contributed by atoms with Crippen LogP contribution in [-0.2, 0) is 0 Å². The summed E-state index contributed by atoms with van der Waals surface area (Å²) in [7, 11) is 0. The van der Waals surface area contributed by atoms with Gasteiger partial charge in [0.2, 0.25) is 0 Å². The first kappa shape index (κ1) is 20.5. The van der Waals surface area contributed by atoms with Crippen LogP contribution in [0.5, 0.6) is 0 Å². The van der Waals surface area contributed by atoms with Crippen molar-refractivity contribution in [2.75, 3.05) is 0 Å². The fourth-order valence-electron chi connectivity index (χ4n) is 2.96. The molecule has 0 aliphatic heterocycles. The van der Waals surface area contributed by atoms with Gasteiger partial charge < -0.3 is 0 Å². The van der Waals surface area contributed by atoms with Gasteiger partial charge in [0.25, 0.3) is 0 Å². The first-order valence-corrected chi connectivity index (χ1v) is 9.60. The molecule has 0 aromatic rings. The van der Waals surface area contributed by atoms with E-state index in [-0.39, 0.29) is 5.92 Å². The highest BCUT2D eigenvalue weighted by atomic mass is 14.3. The smallest absolute Gasteiger partial charge is 0.0652 e. The second-order valence-electron chi connectivity index (χ2n) is 7.04. The molecule has 2 atom stereocenters. The van der Waals surface area contributed by atoms with Gasteiger partial charge >= 0.3 is 0 Å². The number of unbranched alkanes of at least 4 members (excludes halogenated alkanes) is 9. The maximum atomic E-state index is 8.74. The summed E-state index contributed by atoms with van der Waals surface area (Å²) in [5.41, 5.74) is 0. The molecule has 0 saturated heterocycles. The van der Waals surface area contributed by atoms with E-state index in [0.717, 1.165) is 12.3 Å². The second kappa shape index (κ2) is 15.9. The Morgan fingerprint density at radius 3 is 1.62 bits per heavy atom. The van der Waals surface area contributed by atoms with Crippen LogP contribution in [0.2, 0.25) is 0 Å². The van der Waals surface area contributed by atoms with E-state index in [9.17, 15) is 0 Å². The molecule has 0 aromatic carbocycles. The van der Waals surface area contributed by atoms with Crippen LogP contribution in [0.15, 0.2) is 0 Å². The van der Waals surface area contributed by atoms with Crippen LogP contribution in [0.25, 0.3) is 0 Å². The molecule has 1 nitrogen and oxygen atoms in total. The molecule has 0 aromatic heterocycles. The molecule has 0 rings (SSSR count). The summed E-state index contributed by atoms with van der Waals surface area (Å²) < 4.78 is 0. The molecule has 1 heteroatoms. The lowest BCUT2D eigenvalue weighted by Gasteiger charge is -2.11. The normalized spacial score (nSPS) is 13.8. The van der Waals surface area contributed by atoms with Crippen LogP contribution in [-0.4, -0.2) is 0 Å². The van der Waals surface area contributed by atoms with Gasteiger partial charge in [0.15, 0.2) is 0 Å². The van der Waals surface area contributed by atoms with Gasteiger partial charge in [-0.1, -0.05) is 97.3 Å². The van der Waals surface area contributed by atoms with Crippen molar-refractivity contribution in [1.29, 1.82) is 5.26 Å². The summed E-state index contributed by atoms with van der Waals surface area (Å²) >= 11 is 0. The summed E-state index contributed by atoms with van der Waals surface area (Å²) in [5, 5.41) is 8.74. The van der Waals surface area contributed by atoms with Crippen molar-refractivity contribution >= 4 is 0 Å². The molecule has 0 saturated carbocycles. The summed E-state index contributed by atoms with van der Waals surface area (Å²) in [6.07, 6.45) is 19.3. The quantitative estimate of drug-likeness (QED) is 0.291. The molecule has 0 bridgehead atoms. The third kappa shape index (κ3) is 15.7. The van der Waals surface area contributed by atoms with Gasteiger partial charge in [0, 0.05) is 5.92 Å². The molecular weight excluding hydrogens is 254 g/mol. The Hall–Kier alpha value is -0.510. The Morgan fingerprint density at radius 1 is 0.667 bits per heavy atom. The van der Waals surface area contributed by atoms with Crippen LogP contribution in [0.1, 0.15) is 111 Å². The highest BCUT2D eigenvalue weighted by Gasteiger charge is 2.04. The Kier molecular flexibility index (Phi) is 15.5. The van der Waals surface area contributed by atoms with Crippen LogP contribution >= 0.6 is 0 Å². The Balaban J connectivity index is 3.19. The maximum Gasteiger partial charge on any atom is 0.0652 e. The van der Waals surface area contributed by atoms with E-state index >= 15 is 0 Å². The number of hydrogen-bond acceptors (Lipinski definition) is 1. The van der Waals surface area contributed by atoms with Gasteiger partial charge in [-0.25, -0.2) is 0 Å². The lowest BCUT2D eigenvalue weighted by atomic mass is 9.95. The topological polar surface area (TPSA) is 23.8 Å². The number of nitrogens with zero attached hydrogens (tertiary/aromatic N) is 1. The molecule has 124 valence electrons. The fraction of sp³-hybridized carbons (Fsp3) is 0.950. The average Bonchev–Trinajstić information content (AvgIpc) is 2.49. The molecule has 0 radical (unpaired) electrons. The van der Waals surface area contributed by atoms with E-state index in [1.807, 2.05) is 6.92 Å². The highest BCUT2D eigenvalue weighted by Crippen LogP contribution is 2.19. The third-order valence-corrected chi connectivity index (χ3v) is 4.60. The number of hydrogen-bond donors (Lipinski definition) is 0. The molecule has 0 aliphatic carbocycles. The van der Waals surface area contributed by atoms with Crippen LogP contribution < -0.4 is 0 Å². The first-order chi connectivity index (χ1) is 10.2. The molecule has 21 heavy (non-hydrogen) atoms. The van der Waals surface area contributed by atoms with Crippen molar-refractivity contribution in [2.24, 2.45) is 11.8 Å². The van der Waals surface area contributed by atoms with Gasteiger partial charge in [-0.05, 0) is 19.3 Å². The summed E-state index contributed by atoms with van der Waals surface area (Å²) in [4.78, 5) is 0. The summed E-state index contributed by atoms with van der Waals surface area (Å²) in [5.74, 6) is 1.13. The van der Waals surface area contributed by atoms with Gasteiger partial charge in [-0.15, -0.1) is 0 Å². The minimum absolute atomic E-state index is 0.248. The predicted octanol–water partition coefficient (Wildman–Crippen LogP) is 7.26. The van der Waals surface area contributed by atoms with Gasteiger partial charge in [-0.2, -0.15) is 5.26 Å². The van der Waals surface area contributed by atoms with Crippen LogP contribution in [0.4, 0.5) is 0 Å². The van der Waals surface area contributed by atoms with E-state index < -0.39 is 0 Å². The number of nitriles is 1. The van der Waals surface area contributed by atoms with Crippen molar-refractivity contribution in [3.63, 3.8) is 0 Å². The average molecular weight is 294 g/mol. The lowest BCUT2D eigenvalue weighted by molar-refractivity contribution is 0.427. The van der Waals surface area contributed by atoms with E-state index in [1.165, 1.54) is 83.5 Å². The van der Waals surface area contributed by atoms with Gasteiger partial charge in [-0.3, -0.25) is 0 Å².